The molecule has 138 valence electrons. The van der Waals surface area contributed by atoms with E-state index in [0.29, 0.717) is 6.61 Å². The van der Waals surface area contributed by atoms with Crippen molar-refractivity contribution in [1.82, 2.24) is 4.98 Å². The number of nitrogens with zero attached hydrogens (tertiary/aromatic N) is 1. The number of aryl methyl sites for hydroxylation is 1. The van der Waals surface area contributed by atoms with E-state index in [1.165, 1.54) is 21.9 Å². The number of fused-ring (bicyclic) bond motifs is 1. The molecule has 0 aliphatic carbocycles. The van der Waals surface area contributed by atoms with Crippen LogP contribution in [0.4, 0.5) is 0 Å². The van der Waals surface area contributed by atoms with Crippen LogP contribution in [0.3, 0.4) is 0 Å². The minimum atomic E-state index is 0.654. The molecule has 0 saturated heterocycles. The summed E-state index contributed by atoms with van der Waals surface area (Å²) in [5.74, 6) is 0.892. The van der Waals surface area contributed by atoms with E-state index in [1.807, 2.05) is 31.3 Å². The topological polar surface area (TPSA) is 22.1 Å². The third kappa shape index (κ3) is 4.29. The molecule has 0 aliphatic rings. The van der Waals surface area contributed by atoms with Gasteiger partial charge in [0.2, 0.25) is 0 Å². The van der Waals surface area contributed by atoms with Crippen LogP contribution in [0, 0.1) is 6.92 Å². The van der Waals surface area contributed by atoms with E-state index in [1.54, 1.807) is 0 Å². The molecule has 0 N–H and O–H groups in total. The number of rotatable bonds is 6. The van der Waals surface area contributed by atoms with Gasteiger partial charge in [-0.3, -0.25) is 4.98 Å². The van der Waals surface area contributed by atoms with Gasteiger partial charge in [0.15, 0.2) is 0 Å². The van der Waals surface area contributed by atoms with Crippen LogP contribution in [-0.4, -0.2) is 11.6 Å². The molecule has 0 aliphatic heterocycles. The lowest BCUT2D eigenvalue weighted by atomic mass is 10.0. The number of hydrogen-bond donors (Lipinski definition) is 0. The van der Waals surface area contributed by atoms with Crippen LogP contribution < -0.4 is 4.74 Å². The average Bonchev–Trinajstić information content (AvgIpc) is 2.75. The molecule has 0 atom stereocenters. The molecular weight excluding hydrogens is 342 g/mol. The second kappa shape index (κ2) is 8.53. The van der Waals surface area contributed by atoms with Gasteiger partial charge < -0.3 is 4.74 Å². The van der Waals surface area contributed by atoms with Gasteiger partial charge in [0.05, 0.1) is 12.3 Å². The molecule has 3 aromatic carbocycles. The molecule has 0 spiro atoms. The van der Waals surface area contributed by atoms with Crippen molar-refractivity contribution in [1.29, 1.82) is 0 Å². The van der Waals surface area contributed by atoms with Crippen LogP contribution in [0.5, 0.6) is 5.75 Å². The summed E-state index contributed by atoms with van der Waals surface area (Å²) in [6.07, 6.45) is 6.93. The molecule has 0 amide bonds. The molecule has 2 heteroatoms. The molecule has 0 bridgehead atoms. The Labute approximate surface area is 166 Å². The molecule has 1 heterocycles. The van der Waals surface area contributed by atoms with Crippen molar-refractivity contribution >= 4 is 22.9 Å². The lowest BCUT2D eigenvalue weighted by Crippen LogP contribution is -2.03. The maximum Gasteiger partial charge on any atom is 0.125 e. The van der Waals surface area contributed by atoms with E-state index in [2.05, 4.69) is 77.8 Å². The van der Waals surface area contributed by atoms with Gasteiger partial charge in [-0.1, -0.05) is 78.9 Å². The van der Waals surface area contributed by atoms with Crippen LogP contribution in [-0.2, 0) is 6.42 Å². The lowest BCUT2D eigenvalue weighted by molar-refractivity contribution is 0.319. The Morgan fingerprint density at radius 1 is 0.857 bits per heavy atom. The summed E-state index contributed by atoms with van der Waals surface area (Å²) in [7, 11) is 0. The monoisotopic (exact) mass is 365 g/mol. The largest absolute Gasteiger partial charge is 0.493 e. The standard InChI is InChI=1S/C26H23NO/c1-20-19-27-24(18-26(20)28-17-16-21-8-3-2-4-9-21)15-14-23-12-7-11-22-10-5-6-13-25(22)23/h2-15,18-19H,16-17H2,1H3. The molecule has 1 aromatic heterocycles. The first kappa shape index (κ1) is 18.0. The Morgan fingerprint density at radius 3 is 2.54 bits per heavy atom. The first-order valence-electron chi connectivity index (χ1n) is 9.59. The zero-order valence-corrected chi connectivity index (χ0v) is 16.0. The Bertz CT molecular complexity index is 1090. The average molecular weight is 365 g/mol. The number of hydrogen-bond acceptors (Lipinski definition) is 2. The highest BCUT2D eigenvalue weighted by atomic mass is 16.5. The number of pyridine rings is 1. The van der Waals surface area contributed by atoms with Gasteiger partial charge in [0.1, 0.15) is 5.75 Å². The summed E-state index contributed by atoms with van der Waals surface area (Å²) >= 11 is 0. The maximum absolute atomic E-state index is 6.03. The van der Waals surface area contributed by atoms with Gasteiger partial charge in [-0.2, -0.15) is 0 Å². The van der Waals surface area contributed by atoms with Crippen molar-refractivity contribution in [3.05, 3.63) is 107 Å². The highest BCUT2D eigenvalue weighted by Gasteiger charge is 2.03. The fourth-order valence-electron chi connectivity index (χ4n) is 3.26. The van der Waals surface area contributed by atoms with Crippen molar-refractivity contribution in [3.8, 4) is 5.75 Å². The number of aromatic nitrogens is 1. The zero-order valence-electron chi connectivity index (χ0n) is 16.0. The van der Waals surface area contributed by atoms with Crippen molar-refractivity contribution in [2.24, 2.45) is 0 Å². The molecule has 4 rings (SSSR count). The zero-order chi connectivity index (χ0) is 19.2. The predicted molar refractivity (Wildman–Crippen MR) is 117 cm³/mol. The molecule has 0 fully saturated rings. The normalized spacial score (nSPS) is 11.2. The maximum atomic E-state index is 6.03. The Kier molecular flexibility index (Phi) is 5.48. The lowest BCUT2D eigenvalue weighted by Gasteiger charge is -2.10. The summed E-state index contributed by atoms with van der Waals surface area (Å²) in [5.41, 5.74) is 4.42. The van der Waals surface area contributed by atoms with Gasteiger partial charge in [-0.25, -0.2) is 0 Å². The molecular formula is C26H23NO. The summed E-state index contributed by atoms with van der Waals surface area (Å²) < 4.78 is 6.03. The van der Waals surface area contributed by atoms with Gasteiger partial charge >= 0.3 is 0 Å². The minimum absolute atomic E-state index is 0.654. The molecule has 28 heavy (non-hydrogen) atoms. The van der Waals surface area contributed by atoms with Crippen molar-refractivity contribution in [2.75, 3.05) is 6.61 Å². The van der Waals surface area contributed by atoms with Crippen LogP contribution in [0.25, 0.3) is 22.9 Å². The van der Waals surface area contributed by atoms with Gasteiger partial charge in [-0.05, 0) is 34.9 Å². The highest BCUT2D eigenvalue weighted by molar-refractivity contribution is 5.92. The first-order valence-corrected chi connectivity index (χ1v) is 9.59. The number of ether oxygens (including phenoxy) is 1. The van der Waals surface area contributed by atoms with Crippen LogP contribution in [0.1, 0.15) is 22.4 Å². The summed E-state index contributed by atoms with van der Waals surface area (Å²) in [6, 6.07) is 27.2. The summed E-state index contributed by atoms with van der Waals surface area (Å²) in [6.45, 7) is 2.68. The second-order valence-corrected chi connectivity index (χ2v) is 6.86. The fourth-order valence-corrected chi connectivity index (χ4v) is 3.26. The highest BCUT2D eigenvalue weighted by Crippen LogP contribution is 2.22. The van der Waals surface area contributed by atoms with Crippen molar-refractivity contribution < 1.29 is 4.74 Å². The van der Waals surface area contributed by atoms with E-state index in [0.717, 1.165) is 23.4 Å². The molecule has 2 nitrogen and oxygen atoms in total. The Morgan fingerprint density at radius 2 is 1.64 bits per heavy atom. The van der Waals surface area contributed by atoms with Crippen LogP contribution in [0.15, 0.2) is 85.1 Å². The molecule has 0 radical (unpaired) electrons. The van der Waals surface area contributed by atoms with Crippen LogP contribution in [0.2, 0.25) is 0 Å². The van der Waals surface area contributed by atoms with E-state index < -0.39 is 0 Å². The SMILES string of the molecule is Cc1cnc(C=Cc2cccc3ccccc23)cc1OCCc1ccccc1. The molecule has 0 saturated carbocycles. The first-order chi connectivity index (χ1) is 13.8. The van der Waals surface area contributed by atoms with Crippen molar-refractivity contribution in [2.45, 2.75) is 13.3 Å². The summed E-state index contributed by atoms with van der Waals surface area (Å²) in [4.78, 5) is 4.53. The van der Waals surface area contributed by atoms with Crippen LogP contribution >= 0.6 is 0 Å². The number of benzene rings is 3. The van der Waals surface area contributed by atoms with E-state index >= 15 is 0 Å². The van der Waals surface area contributed by atoms with Gasteiger partial charge in [0, 0.05) is 24.2 Å². The minimum Gasteiger partial charge on any atom is -0.493 e. The van der Waals surface area contributed by atoms with E-state index in [9.17, 15) is 0 Å². The molecule has 4 aromatic rings. The third-order valence-corrected chi connectivity index (χ3v) is 4.82. The quantitative estimate of drug-likeness (QED) is 0.398. The third-order valence-electron chi connectivity index (χ3n) is 4.82. The Balaban J connectivity index is 1.49. The molecule has 0 unspecified atom stereocenters. The van der Waals surface area contributed by atoms with Crippen molar-refractivity contribution in [3.63, 3.8) is 0 Å². The second-order valence-electron chi connectivity index (χ2n) is 6.86. The Hall–Kier alpha value is -3.39. The smallest absolute Gasteiger partial charge is 0.125 e. The van der Waals surface area contributed by atoms with E-state index in [-0.39, 0.29) is 0 Å². The fraction of sp³-hybridized carbons (Fsp3) is 0.115. The van der Waals surface area contributed by atoms with Gasteiger partial charge in [-0.15, -0.1) is 0 Å². The summed E-state index contributed by atoms with van der Waals surface area (Å²) in [5, 5.41) is 2.49. The van der Waals surface area contributed by atoms with E-state index in [4.69, 9.17) is 4.74 Å². The van der Waals surface area contributed by atoms with Gasteiger partial charge in [0.25, 0.3) is 0 Å². The predicted octanol–water partition coefficient (Wildman–Crippen LogP) is 6.34.